The van der Waals surface area contributed by atoms with Crippen LogP contribution in [0.25, 0.3) is 0 Å². The van der Waals surface area contributed by atoms with Crippen molar-refractivity contribution in [1.29, 1.82) is 0 Å². The predicted molar refractivity (Wildman–Crippen MR) is 138 cm³/mol. The molecule has 10 heteroatoms. The first-order chi connectivity index (χ1) is 18.4. The number of hydrogen-bond donors (Lipinski definition) is 1. The summed E-state index contributed by atoms with van der Waals surface area (Å²) in [5.41, 5.74) is -6.15. The van der Waals surface area contributed by atoms with Crippen LogP contribution >= 0.6 is 11.8 Å². The summed E-state index contributed by atoms with van der Waals surface area (Å²) in [6, 6.07) is 0. The van der Waals surface area contributed by atoms with Crippen molar-refractivity contribution < 1.29 is 42.5 Å². The second-order valence-electron chi connectivity index (χ2n) is 12.5. The van der Waals surface area contributed by atoms with Crippen molar-refractivity contribution in [3.8, 4) is 0 Å². The molecule has 6 rings (SSSR count). The van der Waals surface area contributed by atoms with Gasteiger partial charge in [0.25, 0.3) is 0 Å². The molecule has 4 aliphatic carbocycles. The minimum absolute atomic E-state index is 0.0104. The molecule has 0 radical (unpaired) electrons. The Labute approximate surface area is 231 Å². The molecule has 0 unspecified atom stereocenters. The van der Waals surface area contributed by atoms with E-state index < -0.39 is 69.6 Å². The number of halogens is 2. The summed E-state index contributed by atoms with van der Waals surface area (Å²) in [7, 11) is 0. The number of carbonyl (C=O) groups excluding carboxylic acids is 3. The molecule has 2 aliphatic heterocycles. The van der Waals surface area contributed by atoms with Gasteiger partial charge in [-0.2, -0.15) is 0 Å². The Morgan fingerprint density at radius 1 is 1.23 bits per heavy atom. The van der Waals surface area contributed by atoms with Crippen molar-refractivity contribution in [1.82, 2.24) is 0 Å². The summed E-state index contributed by atoms with van der Waals surface area (Å²) in [5.74, 6) is -2.43. The zero-order valence-corrected chi connectivity index (χ0v) is 23.3. The lowest BCUT2D eigenvalue weighted by Gasteiger charge is -2.63. The van der Waals surface area contributed by atoms with Gasteiger partial charge in [0.15, 0.2) is 29.1 Å². The third kappa shape index (κ3) is 3.53. The highest BCUT2D eigenvalue weighted by atomic mass is 32.2. The first kappa shape index (κ1) is 27.5. The smallest absolute Gasteiger partial charge is 0.319 e. The third-order valence-corrected chi connectivity index (χ3v) is 11.9. The largest absolute Gasteiger partial charge is 0.465 e. The molecule has 11 atom stereocenters. The third-order valence-electron chi connectivity index (χ3n) is 10.7. The lowest BCUT2D eigenvalue weighted by Crippen LogP contribution is -2.70. The average Bonchev–Trinajstić information content (AvgIpc) is 3.53. The van der Waals surface area contributed by atoms with Crippen LogP contribution in [0.2, 0.25) is 0 Å². The molecule has 0 aromatic rings. The van der Waals surface area contributed by atoms with Crippen LogP contribution < -0.4 is 0 Å². The van der Waals surface area contributed by atoms with E-state index >= 15 is 8.78 Å². The number of rotatable bonds is 6. The average molecular weight is 567 g/mol. The molecule has 0 amide bonds. The van der Waals surface area contributed by atoms with Gasteiger partial charge in [-0.05, 0) is 56.3 Å². The summed E-state index contributed by atoms with van der Waals surface area (Å²) in [6.45, 7) is 5.72. The molecule has 0 aromatic carbocycles. The molecule has 6 aliphatic rings. The topological polar surface area (TPSA) is 99.1 Å². The molecule has 214 valence electrons. The maximum Gasteiger partial charge on any atom is 0.319 e. The summed E-state index contributed by atoms with van der Waals surface area (Å²) in [5, 5.41) is 11.2. The molecule has 0 aromatic heterocycles. The predicted octanol–water partition coefficient (Wildman–Crippen LogP) is 3.81. The summed E-state index contributed by atoms with van der Waals surface area (Å²) in [6.07, 6.45) is 1.35. The Kier molecular flexibility index (Phi) is 6.49. The maximum atomic E-state index is 17.5. The molecule has 1 N–H and O–H groups in total. The van der Waals surface area contributed by atoms with Crippen molar-refractivity contribution in [3.63, 3.8) is 0 Å². The van der Waals surface area contributed by atoms with Gasteiger partial charge in [-0.15, -0.1) is 11.8 Å². The molecular formula is C29H36F2O7S. The van der Waals surface area contributed by atoms with Crippen LogP contribution in [-0.4, -0.2) is 76.2 Å². The van der Waals surface area contributed by atoms with Crippen LogP contribution in [0.15, 0.2) is 23.8 Å². The molecule has 3 saturated carbocycles. The van der Waals surface area contributed by atoms with Crippen LogP contribution in [0.4, 0.5) is 8.78 Å². The van der Waals surface area contributed by atoms with Gasteiger partial charge in [0.05, 0.1) is 24.6 Å². The number of ketones is 2. The highest BCUT2D eigenvalue weighted by Gasteiger charge is 2.79. The van der Waals surface area contributed by atoms with E-state index in [4.69, 9.17) is 14.2 Å². The van der Waals surface area contributed by atoms with Crippen molar-refractivity contribution in [3.05, 3.63) is 23.8 Å². The Morgan fingerprint density at radius 2 is 2.00 bits per heavy atom. The van der Waals surface area contributed by atoms with E-state index in [1.807, 2.05) is 13.8 Å². The number of cyclic esters (lactones) is 1. The van der Waals surface area contributed by atoms with E-state index in [1.54, 1.807) is 6.92 Å². The second kappa shape index (κ2) is 9.19. The Morgan fingerprint density at radius 3 is 2.69 bits per heavy atom. The highest BCUT2D eigenvalue weighted by Crippen LogP contribution is 2.72. The minimum Gasteiger partial charge on any atom is -0.465 e. The molecule has 5 fully saturated rings. The van der Waals surface area contributed by atoms with Crippen LogP contribution in [0.1, 0.15) is 59.3 Å². The summed E-state index contributed by atoms with van der Waals surface area (Å²) < 4.78 is 51.1. The van der Waals surface area contributed by atoms with Crippen LogP contribution in [0.3, 0.4) is 0 Å². The van der Waals surface area contributed by atoms with Gasteiger partial charge in [0, 0.05) is 23.2 Å². The van der Waals surface area contributed by atoms with Crippen molar-refractivity contribution in [2.75, 3.05) is 12.4 Å². The number of fused-ring (bicyclic) bond motifs is 7. The number of Topliss-reactive ketones (excluding diaryl/α,β-unsaturated/α-hetero) is 1. The fraction of sp³-hybridized carbons (Fsp3) is 0.759. The Balaban J connectivity index is 1.39. The minimum atomic E-state index is -2.24. The van der Waals surface area contributed by atoms with Crippen LogP contribution in [0.5, 0.6) is 0 Å². The first-order valence-corrected chi connectivity index (χ1v) is 15.1. The normalized spacial score (nSPS) is 50.1. The van der Waals surface area contributed by atoms with E-state index in [1.165, 1.54) is 30.0 Å². The quantitative estimate of drug-likeness (QED) is 0.485. The molecular weight excluding hydrogens is 530 g/mol. The molecule has 39 heavy (non-hydrogen) atoms. The second-order valence-corrected chi connectivity index (χ2v) is 13.7. The number of carbonyl (C=O) groups is 3. The molecule has 0 bridgehead atoms. The monoisotopic (exact) mass is 566 g/mol. The first-order valence-electron chi connectivity index (χ1n) is 14.0. The van der Waals surface area contributed by atoms with E-state index in [-0.39, 0.29) is 35.9 Å². The summed E-state index contributed by atoms with van der Waals surface area (Å²) in [4.78, 5) is 38.3. The van der Waals surface area contributed by atoms with Gasteiger partial charge < -0.3 is 19.3 Å². The number of ether oxygens (including phenoxy) is 3. The van der Waals surface area contributed by atoms with Gasteiger partial charge in [-0.1, -0.05) is 26.3 Å². The number of aliphatic hydroxyl groups is 1. The number of aliphatic hydroxyl groups excluding tert-OH is 1. The fourth-order valence-electron chi connectivity index (χ4n) is 8.80. The van der Waals surface area contributed by atoms with Crippen molar-refractivity contribution in [2.24, 2.45) is 22.7 Å². The lowest BCUT2D eigenvalue weighted by molar-refractivity contribution is -0.233. The zero-order chi connectivity index (χ0) is 28.0. The lowest BCUT2D eigenvalue weighted by atomic mass is 9.44. The summed E-state index contributed by atoms with van der Waals surface area (Å²) >= 11 is 1.22. The SMILES string of the molecule is CCC[C@@H]1O[C@@H]2C[C@H]3[C@@H]4C[C@H](F)C5=CC(=O)C=C[C@]5(C)[C@@]4(F)[C@@H](O)C[C@]3(C)[C@]2(C(=O)CS[C@H]2CCOC2=O)O1. The number of allylic oxidation sites excluding steroid dienone is 4. The Hall–Kier alpha value is -1.62. The zero-order valence-electron chi connectivity index (χ0n) is 22.5. The molecule has 0 spiro atoms. The standard InChI is InChI=1S/C29H36F2O7S/c1-4-5-24-37-23-12-16-17-11-19(30)18-10-15(32)6-8-26(18,2)28(17,31)21(33)13-27(16,3)29(23,38-24)22(34)14-39-20-7-9-36-25(20)35/h6,8,10,16-17,19-21,23-24,33H,4-5,7,9,11-14H2,1-3H3/t16-,17-,19-,20-,21-,23+,24+,26-,27-,28-,29+/m0/s1. The number of thioether (sulfide) groups is 1. The van der Waals surface area contributed by atoms with E-state index in [2.05, 4.69) is 0 Å². The highest BCUT2D eigenvalue weighted by molar-refractivity contribution is 8.01. The number of hydrogen-bond acceptors (Lipinski definition) is 8. The molecule has 2 heterocycles. The van der Waals surface area contributed by atoms with Crippen molar-refractivity contribution >= 4 is 29.3 Å². The number of esters is 1. The van der Waals surface area contributed by atoms with Crippen LogP contribution in [0, 0.1) is 22.7 Å². The Bertz CT molecular complexity index is 1160. The van der Waals surface area contributed by atoms with Gasteiger partial charge in [-0.25, -0.2) is 8.78 Å². The number of alkyl halides is 2. The van der Waals surface area contributed by atoms with E-state index in [0.29, 0.717) is 25.9 Å². The van der Waals surface area contributed by atoms with Gasteiger partial charge >= 0.3 is 5.97 Å². The fourth-order valence-corrected chi connectivity index (χ4v) is 9.83. The molecule has 7 nitrogen and oxygen atoms in total. The van der Waals surface area contributed by atoms with E-state index in [0.717, 1.165) is 6.42 Å². The molecule has 2 saturated heterocycles. The van der Waals surface area contributed by atoms with Crippen LogP contribution in [-0.2, 0) is 28.6 Å². The van der Waals surface area contributed by atoms with Crippen molar-refractivity contribution in [2.45, 2.75) is 100 Å². The van der Waals surface area contributed by atoms with Gasteiger partial charge in [-0.3, -0.25) is 14.4 Å². The van der Waals surface area contributed by atoms with E-state index in [9.17, 15) is 19.5 Å². The maximum absolute atomic E-state index is 17.5. The van der Waals surface area contributed by atoms with Gasteiger partial charge in [0.1, 0.15) is 11.4 Å². The van der Waals surface area contributed by atoms with Gasteiger partial charge in [0.2, 0.25) is 0 Å².